The van der Waals surface area contributed by atoms with Crippen LogP contribution in [0.2, 0.25) is 0 Å². The Labute approximate surface area is 113 Å². The van der Waals surface area contributed by atoms with Gasteiger partial charge < -0.3 is 10.2 Å². The van der Waals surface area contributed by atoms with Crippen molar-refractivity contribution in [1.29, 1.82) is 0 Å². The van der Waals surface area contributed by atoms with Gasteiger partial charge in [-0.3, -0.25) is 0 Å². The number of hydrogen-bond donors (Lipinski definition) is 1. The molecule has 1 N–H and O–H groups in total. The fourth-order valence-electron chi connectivity index (χ4n) is 1.45. The molecule has 2 nitrogen and oxygen atoms in total. The molecule has 1 aromatic carbocycles. The van der Waals surface area contributed by atoms with Crippen molar-refractivity contribution in [3.05, 3.63) is 33.8 Å². The van der Waals surface area contributed by atoms with Crippen LogP contribution in [-0.2, 0) is 6.54 Å². The molecule has 92 valence electrons. The molecule has 0 radical (unpaired) electrons. The second-order valence-corrected chi connectivity index (χ2v) is 4.79. The summed E-state index contributed by atoms with van der Waals surface area (Å²) in [4.78, 5) is 2.31. The lowest BCUT2D eigenvalue weighted by Gasteiger charge is -2.17. The molecule has 0 aliphatic carbocycles. The first-order valence-corrected chi connectivity index (χ1v) is 6.01. The molecule has 0 saturated heterocycles. The molecule has 0 aliphatic heterocycles. The van der Waals surface area contributed by atoms with Crippen molar-refractivity contribution in [3.63, 3.8) is 0 Å². The van der Waals surface area contributed by atoms with Crippen LogP contribution in [0.4, 0.5) is 0 Å². The Morgan fingerprint density at radius 2 is 2.06 bits per heavy atom. The Balaban J connectivity index is 0.00000225. The third-order valence-corrected chi connectivity index (χ3v) is 3.13. The zero-order valence-corrected chi connectivity index (χ0v) is 12.5. The SMILES string of the molecule is CNCCN(C)Cc1ccc(C)cc1Br.Cl. The number of nitrogens with zero attached hydrogens (tertiary/aromatic N) is 1. The highest BCUT2D eigenvalue weighted by Crippen LogP contribution is 2.19. The molecule has 16 heavy (non-hydrogen) atoms. The minimum Gasteiger partial charge on any atom is -0.318 e. The molecule has 0 saturated carbocycles. The summed E-state index contributed by atoms with van der Waals surface area (Å²) in [5.74, 6) is 0. The number of hydrogen-bond acceptors (Lipinski definition) is 2. The Kier molecular flexibility index (Phi) is 8.02. The molecule has 0 aromatic heterocycles. The normalized spacial score (nSPS) is 10.3. The van der Waals surface area contributed by atoms with Crippen LogP contribution in [0.5, 0.6) is 0 Å². The molecular formula is C12H20BrClN2. The van der Waals surface area contributed by atoms with Gasteiger partial charge in [0.25, 0.3) is 0 Å². The summed E-state index contributed by atoms with van der Waals surface area (Å²) in [6.45, 7) is 5.19. The first kappa shape index (κ1) is 15.9. The van der Waals surface area contributed by atoms with Gasteiger partial charge >= 0.3 is 0 Å². The summed E-state index contributed by atoms with van der Waals surface area (Å²) in [6.07, 6.45) is 0. The first-order chi connectivity index (χ1) is 7.13. The molecule has 0 aliphatic rings. The number of nitrogens with one attached hydrogen (secondary N) is 1. The van der Waals surface area contributed by atoms with Gasteiger partial charge in [0.2, 0.25) is 0 Å². The summed E-state index contributed by atoms with van der Waals surface area (Å²) in [6, 6.07) is 6.52. The summed E-state index contributed by atoms with van der Waals surface area (Å²) in [5.41, 5.74) is 2.64. The van der Waals surface area contributed by atoms with Gasteiger partial charge in [0.15, 0.2) is 0 Å². The fraction of sp³-hybridized carbons (Fsp3) is 0.500. The predicted molar refractivity (Wildman–Crippen MR) is 76.4 cm³/mol. The molecule has 1 aromatic rings. The molecule has 0 amide bonds. The monoisotopic (exact) mass is 306 g/mol. The van der Waals surface area contributed by atoms with E-state index in [-0.39, 0.29) is 12.4 Å². The quantitative estimate of drug-likeness (QED) is 0.900. The smallest absolute Gasteiger partial charge is 0.0242 e. The van der Waals surface area contributed by atoms with Gasteiger partial charge in [-0.1, -0.05) is 28.1 Å². The maximum Gasteiger partial charge on any atom is 0.0242 e. The van der Waals surface area contributed by atoms with Gasteiger partial charge in [-0.05, 0) is 38.2 Å². The lowest BCUT2D eigenvalue weighted by Crippen LogP contribution is -2.27. The van der Waals surface area contributed by atoms with E-state index in [1.165, 1.54) is 15.6 Å². The molecule has 0 heterocycles. The Morgan fingerprint density at radius 3 is 2.62 bits per heavy atom. The van der Waals surface area contributed by atoms with Crippen LogP contribution in [-0.4, -0.2) is 32.1 Å². The molecule has 0 spiro atoms. The zero-order valence-electron chi connectivity index (χ0n) is 10.1. The minimum absolute atomic E-state index is 0. The third-order valence-electron chi connectivity index (χ3n) is 2.39. The van der Waals surface area contributed by atoms with E-state index in [1.807, 2.05) is 7.05 Å². The first-order valence-electron chi connectivity index (χ1n) is 5.21. The standard InChI is InChI=1S/C12H19BrN2.ClH/c1-10-4-5-11(12(13)8-10)9-15(3)7-6-14-2;/h4-5,8,14H,6-7,9H2,1-3H3;1H. The van der Waals surface area contributed by atoms with Crippen molar-refractivity contribution < 1.29 is 0 Å². The lowest BCUT2D eigenvalue weighted by molar-refractivity contribution is 0.327. The predicted octanol–water partition coefficient (Wildman–Crippen LogP) is 2.83. The van der Waals surface area contributed by atoms with Gasteiger partial charge in [0, 0.05) is 24.1 Å². The lowest BCUT2D eigenvalue weighted by atomic mass is 10.1. The van der Waals surface area contributed by atoms with E-state index in [4.69, 9.17) is 0 Å². The molecule has 0 fully saturated rings. The highest BCUT2D eigenvalue weighted by molar-refractivity contribution is 9.10. The van der Waals surface area contributed by atoms with Crippen LogP contribution in [0.25, 0.3) is 0 Å². The molecule has 0 bridgehead atoms. The van der Waals surface area contributed by atoms with Crippen LogP contribution in [0, 0.1) is 6.92 Å². The van der Waals surface area contributed by atoms with Gasteiger partial charge in [-0.2, -0.15) is 0 Å². The van der Waals surface area contributed by atoms with E-state index >= 15 is 0 Å². The Morgan fingerprint density at radius 1 is 1.38 bits per heavy atom. The van der Waals surface area contributed by atoms with E-state index in [0.29, 0.717) is 0 Å². The van der Waals surface area contributed by atoms with Crippen molar-refractivity contribution in [2.24, 2.45) is 0 Å². The van der Waals surface area contributed by atoms with Gasteiger partial charge in [0.05, 0.1) is 0 Å². The molecule has 4 heteroatoms. The average Bonchev–Trinajstić information content (AvgIpc) is 2.19. The number of halogens is 2. The zero-order chi connectivity index (χ0) is 11.3. The summed E-state index contributed by atoms with van der Waals surface area (Å²) in [7, 11) is 4.12. The van der Waals surface area contributed by atoms with E-state index in [0.717, 1.165) is 19.6 Å². The second-order valence-electron chi connectivity index (χ2n) is 3.94. The maximum atomic E-state index is 3.60. The van der Waals surface area contributed by atoms with E-state index < -0.39 is 0 Å². The number of benzene rings is 1. The number of likely N-dealkylation sites (N-methyl/N-ethyl adjacent to an activating group) is 2. The van der Waals surface area contributed by atoms with Gasteiger partial charge in [-0.15, -0.1) is 12.4 Å². The molecule has 0 unspecified atom stereocenters. The number of aryl methyl sites for hydroxylation is 1. The average molecular weight is 308 g/mol. The van der Waals surface area contributed by atoms with Crippen LogP contribution < -0.4 is 5.32 Å². The highest BCUT2D eigenvalue weighted by atomic mass is 79.9. The van der Waals surface area contributed by atoms with Crippen LogP contribution >= 0.6 is 28.3 Å². The van der Waals surface area contributed by atoms with Crippen LogP contribution in [0.1, 0.15) is 11.1 Å². The summed E-state index contributed by atoms with van der Waals surface area (Å²) < 4.78 is 1.21. The van der Waals surface area contributed by atoms with Crippen molar-refractivity contribution >= 4 is 28.3 Å². The van der Waals surface area contributed by atoms with E-state index in [9.17, 15) is 0 Å². The van der Waals surface area contributed by atoms with Crippen molar-refractivity contribution in [3.8, 4) is 0 Å². The summed E-state index contributed by atoms with van der Waals surface area (Å²) >= 11 is 3.60. The second kappa shape index (κ2) is 8.07. The fourth-order valence-corrected chi connectivity index (χ4v) is 2.07. The number of rotatable bonds is 5. The third kappa shape index (κ3) is 5.30. The van der Waals surface area contributed by atoms with Gasteiger partial charge in [0.1, 0.15) is 0 Å². The maximum absolute atomic E-state index is 3.60. The summed E-state index contributed by atoms with van der Waals surface area (Å²) in [5, 5.41) is 3.15. The largest absolute Gasteiger partial charge is 0.318 e. The van der Waals surface area contributed by atoms with Crippen LogP contribution in [0.3, 0.4) is 0 Å². The van der Waals surface area contributed by atoms with E-state index in [1.54, 1.807) is 0 Å². The van der Waals surface area contributed by atoms with E-state index in [2.05, 4.69) is 58.3 Å². The van der Waals surface area contributed by atoms with Crippen molar-refractivity contribution in [2.45, 2.75) is 13.5 Å². The minimum atomic E-state index is 0. The Bertz CT molecular complexity index is 318. The van der Waals surface area contributed by atoms with Crippen molar-refractivity contribution in [2.75, 3.05) is 27.2 Å². The van der Waals surface area contributed by atoms with Crippen LogP contribution in [0.15, 0.2) is 22.7 Å². The topological polar surface area (TPSA) is 15.3 Å². The molecular weight excluding hydrogens is 288 g/mol. The van der Waals surface area contributed by atoms with Crippen molar-refractivity contribution in [1.82, 2.24) is 10.2 Å². The molecule has 0 atom stereocenters. The highest BCUT2D eigenvalue weighted by Gasteiger charge is 2.03. The van der Waals surface area contributed by atoms with Gasteiger partial charge in [-0.25, -0.2) is 0 Å². The Hall–Kier alpha value is -0.0900. The molecule has 1 rings (SSSR count).